The van der Waals surface area contributed by atoms with Crippen molar-refractivity contribution in [1.29, 1.82) is 0 Å². The Balaban J connectivity index is 1.94. The summed E-state index contributed by atoms with van der Waals surface area (Å²) >= 11 is 0. The summed E-state index contributed by atoms with van der Waals surface area (Å²) in [6.07, 6.45) is -2.28. The molecule has 132 valence electrons. The highest BCUT2D eigenvalue weighted by Crippen LogP contribution is 2.32. The van der Waals surface area contributed by atoms with Crippen molar-refractivity contribution >= 4 is 5.91 Å². The summed E-state index contributed by atoms with van der Waals surface area (Å²) in [6, 6.07) is 2.10. The van der Waals surface area contributed by atoms with Crippen LogP contribution in [0.2, 0.25) is 0 Å². The van der Waals surface area contributed by atoms with E-state index in [0.717, 1.165) is 12.1 Å². The quantitative estimate of drug-likeness (QED) is 0.778. The zero-order chi connectivity index (χ0) is 18.0. The van der Waals surface area contributed by atoms with Gasteiger partial charge in [-0.1, -0.05) is 0 Å². The van der Waals surface area contributed by atoms with Gasteiger partial charge in [0, 0.05) is 18.7 Å². The molecule has 0 aliphatic carbocycles. The number of amides is 1. The zero-order valence-electron chi connectivity index (χ0n) is 12.9. The van der Waals surface area contributed by atoms with Crippen LogP contribution in [-0.4, -0.2) is 47.1 Å². The Bertz CT molecular complexity index is 789. The molecule has 0 bridgehead atoms. The minimum Gasteiger partial charge on any atom is -0.378 e. The highest BCUT2D eigenvalue weighted by Gasteiger charge is 2.31. The SMILES string of the molecule is O=C(c1cncc(-c2cc(F)cc(C(F)(F)F)c2)n1)N1CCOCC1. The second-order valence-corrected chi connectivity index (χ2v) is 5.42. The Morgan fingerprint density at radius 3 is 2.52 bits per heavy atom. The summed E-state index contributed by atoms with van der Waals surface area (Å²) in [7, 11) is 0. The first kappa shape index (κ1) is 17.3. The predicted molar refractivity (Wildman–Crippen MR) is 79.2 cm³/mol. The Kier molecular flexibility index (Phi) is 4.67. The van der Waals surface area contributed by atoms with E-state index in [-0.39, 0.29) is 17.0 Å². The van der Waals surface area contributed by atoms with Gasteiger partial charge in [-0.25, -0.2) is 9.37 Å². The molecule has 0 N–H and O–H groups in total. The van der Waals surface area contributed by atoms with Gasteiger partial charge < -0.3 is 9.64 Å². The average molecular weight is 355 g/mol. The molecular weight excluding hydrogens is 342 g/mol. The summed E-state index contributed by atoms with van der Waals surface area (Å²) in [5.41, 5.74) is -1.26. The molecule has 1 amide bonds. The number of hydrogen-bond acceptors (Lipinski definition) is 4. The highest BCUT2D eigenvalue weighted by atomic mass is 19.4. The van der Waals surface area contributed by atoms with Crippen LogP contribution in [-0.2, 0) is 10.9 Å². The first-order valence-electron chi connectivity index (χ1n) is 7.42. The molecule has 0 atom stereocenters. The Morgan fingerprint density at radius 2 is 1.84 bits per heavy atom. The maximum absolute atomic E-state index is 13.6. The van der Waals surface area contributed by atoms with E-state index in [2.05, 4.69) is 9.97 Å². The van der Waals surface area contributed by atoms with Crippen molar-refractivity contribution in [2.45, 2.75) is 6.18 Å². The van der Waals surface area contributed by atoms with E-state index in [1.807, 2.05) is 0 Å². The number of carbonyl (C=O) groups is 1. The molecule has 1 aliphatic heterocycles. The number of morpholine rings is 1. The first-order valence-corrected chi connectivity index (χ1v) is 7.42. The lowest BCUT2D eigenvalue weighted by Gasteiger charge is -2.26. The lowest BCUT2D eigenvalue weighted by molar-refractivity contribution is -0.137. The van der Waals surface area contributed by atoms with Gasteiger partial charge in [-0.3, -0.25) is 9.78 Å². The fraction of sp³-hybridized carbons (Fsp3) is 0.312. The van der Waals surface area contributed by atoms with Crippen LogP contribution in [0.3, 0.4) is 0 Å². The first-order chi connectivity index (χ1) is 11.8. The van der Waals surface area contributed by atoms with Gasteiger partial charge in [0.1, 0.15) is 11.5 Å². The number of rotatable bonds is 2. The molecule has 0 spiro atoms. The summed E-state index contributed by atoms with van der Waals surface area (Å²) in [6.45, 7) is 1.58. The van der Waals surface area contributed by atoms with Gasteiger partial charge in [-0.2, -0.15) is 13.2 Å². The standard InChI is InChI=1S/C16H13F4N3O2/c17-12-6-10(5-11(7-12)16(18,19)20)13-8-21-9-14(22-13)15(24)23-1-3-25-4-2-23/h5-9H,1-4H2. The number of hydrogen-bond donors (Lipinski definition) is 0. The van der Waals surface area contributed by atoms with E-state index >= 15 is 0 Å². The fourth-order valence-corrected chi connectivity index (χ4v) is 2.44. The van der Waals surface area contributed by atoms with Crippen molar-refractivity contribution in [3.05, 3.63) is 47.7 Å². The molecule has 2 heterocycles. The summed E-state index contributed by atoms with van der Waals surface area (Å²) < 4.78 is 57.2. The van der Waals surface area contributed by atoms with Gasteiger partial charge in [-0.15, -0.1) is 0 Å². The normalized spacial score (nSPS) is 15.3. The lowest BCUT2D eigenvalue weighted by Crippen LogP contribution is -2.41. The van der Waals surface area contributed by atoms with Gasteiger partial charge >= 0.3 is 6.18 Å². The van der Waals surface area contributed by atoms with Gasteiger partial charge in [0.2, 0.25) is 0 Å². The number of benzene rings is 1. The molecule has 0 saturated carbocycles. The Morgan fingerprint density at radius 1 is 1.12 bits per heavy atom. The van der Waals surface area contributed by atoms with E-state index in [9.17, 15) is 22.4 Å². The average Bonchev–Trinajstić information content (AvgIpc) is 2.61. The van der Waals surface area contributed by atoms with Crippen LogP contribution >= 0.6 is 0 Å². The van der Waals surface area contributed by atoms with Crippen LogP contribution in [0.5, 0.6) is 0 Å². The van der Waals surface area contributed by atoms with Crippen molar-refractivity contribution in [3.63, 3.8) is 0 Å². The van der Waals surface area contributed by atoms with Crippen LogP contribution < -0.4 is 0 Å². The van der Waals surface area contributed by atoms with Crippen molar-refractivity contribution < 1.29 is 27.1 Å². The zero-order valence-corrected chi connectivity index (χ0v) is 12.9. The molecule has 1 saturated heterocycles. The highest BCUT2D eigenvalue weighted by molar-refractivity contribution is 5.92. The van der Waals surface area contributed by atoms with Gasteiger partial charge in [0.05, 0.1) is 36.9 Å². The van der Waals surface area contributed by atoms with Gasteiger partial charge in [-0.05, 0) is 18.2 Å². The third-order valence-electron chi connectivity index (χ3n) is 3.67. The van der Waals surface area contributed by atoms with E-state index in [4.69, 9.17) is 4.74 Å². The molecule has 0 unspecified atom stereocenters. The molecule has 2 aromatic rings. The van der Waals surface area contributed by atoms with Crippen molar-refractivity contribution in [2.24, 2.45) is 0 Å². The molecule has 1 aliphatic rings. The smallest absolute Gasteiger partial charge is 0.378 e. The molecule has 3 rings (SSSR count). The largest absolute Gasteiger partial charge is 0.416 e. The lowest BCUT2D eigenvalue weighted by atomic mass is 10.1. The molecule has 5 nitrogen and oxygen atoms in total. The number of alkyl halides is 3. The number of nitrogens with zero attached hydrogens (tertiary/aromatic N) is 3. The van der Waals surface area contributed by atoms with Gasteiger partial charge in [0.25, 0.3) is 5.91 Å². The van der Waals surface area contributed by atoms with E-state index in [1.165, 1.54) is 17.3 Å². The third-order valence-corrected chi connectivity index (χ3v) is 3.67. The minimum absolute atomic E-state index is 0.0101. The van der Waals surface area contributed by atoms with Crippen LogP contribution in [0.25, 0.3) is 11.3 Å². The minimum atomic E-state index is -4.69. The number of carbonyl (C=O) groups excluding carboxylic acids is 1. The van der Waals surface area contributed by atoms with E-state index < -0.39 is 23.5 Å². The topological polar surface area (TPSA) is 55.3 Å². The molecule has 0 radical (unpaired) electrons. The maximum Gasteiger partial charge on any atom is 0.416 e. The van der Waals surface area contributed by atoms with E-state index in [0.29, 0.717) is 32.4 Å². The Hall–Kier alpha value is -2.55. The molecule has 9 heteroatoms. The summed E-state index contributed by atoms with van der Waals surface area (Å²) in [5.74, 6) is -1.44. The molecule has 1 fully saturated rings. The summed E-state index contributed by atoms with van der Waals surface area (Å²) in [4.78, 5) is 21.8. The van der Waals surface area contributed by atoms with Crippen LogP contribution in [0, 0.1) is 5.82 Å². The monoisotopic (exact) mass is 355 g/mol. The van der Waals surface area contributed by atoms with Crippen LogP contribution in [0.1, 0.15) is 16.1 Å². The number of ether oxygens (including phenoxy) is 1. The van der Waals surface area contributed by atoms with Gasteiger partial charge in [0.15, 0.2) is 0 Å². The van der Waals surface area contributed by atoms with Crippen LogP contribution in [0.4, 0.5) is 17.6 Å². The van der Waals surface area contributed by atoms with Crippen molar-refractivity contribution in [1.82, 2.24) is 14.9 Å². The summed E-state index contributed by atoms with van der Waals surface area (Å²) in [5, 5.41) is 0. The predicted octanol–water partition coefficient (Wildman–Crippen LogP) is 2.77. The van der Waals surface area contributed by atoms with Crippen LogP contribution in [0.15, 0.2) is 30.6 Å². The maximum atomic E-state index is 13.6. The number of halogens is 4. The second-order valence-electron chi connectivity index (χ2n) is 5.42. The third kappa shape index (κ3) is 3.93. The molecular formula is C16H13F4N3O2. The van der Waals surface area contributed by atoms with Crippen molar-refractivity contribution in [2.75, 3.05) is 26.3 Å². The molecule has 1 aromatic heterocycles. The molecule has 25 heavy (non-hydrogen) atoms. The Labute approximate surface area is 140 Å². The fourth-order valence-electron chi connectivity index (χ4n) is 2.44. The number of aromatic nitrogens is 2. The van der Waals surface area contributed by atoms with Crippen molar-refractivity contribution in [3.8, 4) is 11.3 Å². The molecule has 1 aromatic carbocycles. The van der Waals surface area contributed by atoms with E-state index in [1.54, 1.807) is 0 Å². The second kappa shape index (κ2) is 6.75.